The summed E-state index contributed by atoms with van der Waals surface area (Å²) >= 11 is 0. The van der Waals surface area contributed by atoms with E-state index in [1.165, 1.54) is 11.3 Å². The second kappa shape index (κ2) is 14.5. The van der Waals surface area contributed by atoms with Gasteiger partial charge in [0, 0.05) is 69.6 Å². The molecule has 0 saturated carbocycles. The monoisotopic (exact) mass is 569 g/mol. The van der Waals surface area contributed by atoms with Crippen molar-refractivity contribution < 1.29 is 14.4 Å². The smallest absolute Gasteiger partial charge is 0.255 e. The first-order valence-corrected chi connectivity index (χ1v) is 14.9. The van der Waals surface area contributed by atoms with Crippen molar-refractivity contribution >= 4 is 34.8 Å². The number of piperazine rings is 1. The number of carbonyl (C=O) groups is 3. The molecule has 0 spiro atoms. The molecule has 8 nitrogen and oxygen atoms in total. The first-order valence-electron chi connectivity index (χ1n) is 14.9. The number of nitrogens with one attached hydrogen (secondary N) is 2. The highest BCUT2D eigenvalue weighted by atomic mass is 16.2. The average molecular weight is 570 g/mol. The van der Waals surface area contributed by atoms with Crippen molar-refractivity contribution in [3.8, 4) is 0 Å². The largest absolute Gasteiger partial charge is 0.368 e. The summed E-state index contributed by atoms with van der Waals surface area (Å²) in [5.74, 6) is -0.373. The Balaban J connectivity index is 1.48. The van der Waals surface area contributed by atoms with Crippen molar-refractivity contribution in [2.75, 3.05) is 60.9 Å². The van der Waals surface area contributed by atoms with Crippen LogP contribution >= 0.6 is 0 Å². The van der Waals surface area contributed by atoms with Gasteiger partial charge in [0.1, 0.15) is 0 Å². The van der Waals surface area contributed by atoms with E-state index in [9.17, 15) is 14.4 Å². The summed E-state index contributed by atoms with van der Waals surface area (Å²) in [7, 11) is 0. The molecule has 4 rings (SSSR count). The van der Waals surface area contributed by atoms with Crippen molar-refractivity contribution in [2.24, 2.45) is 0 Å². The van der Waals surface area contributed by atoms with Gasteiger partial charge in [0.25, 0.3) is 11.8 Å². The SMILES string of the molecule is CCCN(CCCNC(=O)c1ccc(N2CCN(c3ccccc3C)CC2)c(NC(=O)c2ccc(C)cc2)c1)C(C)=O. The number of para-hydroxylation sites is 1. The van der Waals surface area contributed by atoms with Crippen LogP contribution in [0.2, 0.25) is 0 Å². The van der Waals surface area contributed by atoms with Crippen LogP contribution in [-0.4, -0.2) is 68.4 Å². The molecular formula is C34H43N5O3. The zero-order valence-electron chi connectivity index (χ0n) is 25.3. The molecule has 222 valence electrons. The van der Waals surface area contributed by atoms with Crippen LogP contribution in [0.5, 0.6) is 0 Å². The van der Waals surface area contributed by atoms with Gasteiger partial charge >= 0.3 is 0 Å². The summed E-state index contributed by atoms with van der Waals surface area (Å²) in [5, 5.41) is 6.05. The van der Waals surface area contributed by atoms with Gasteiger partial charge in [-0.15, -0.1) is 0 Å². The number of anilines is 3. The van der Waals surface area contributed by atoms with Gasteiger partial charge < -0.3 is 25.3 Å². The number of aryl methyl sites for hydroxylation is 2. The van der Waals surface area contributed by atoms with Crippen LogP contribution < -0.4 is 20.4 Å². The van der Waals surface area contributed by atoms with Crippen LogP contribution in [0.15, 0.2) is 66.7 Å². The van der Waals surface area contributed by atoms with Gasteiger partial charge in [0.05, 0.1) is 11.4 Å². The van der Waals surface area contributed by atoms with Crippen LogP contribution in [0.1, 0.15) is 58.5 Å². The fourth-order valence-electron chi connectivity index (χ4n) is 5.33. The number of hydrogen-bond donors (Lipinski definition) is 2. The molecule has 1 aliphatic heterocycles. The molecule has 0 aliphatic carbocycles. The Hall–Kier alpha value is -4.33. The van der Waals surface area contributed by atoms with E-state index in [-0.39, 0.29) is 17.7 Å². The molecule has 42 heavy (non-hydrogen) atoms. The maximum atomic E-state index is 13.2. The fraction of sp³-hybridized carbons (Fsp3) is 0.382. The number of amides is 3. The molecule has 1 saturated heterocycles. The Morgan fingerprint density at radius 1 is 0.786 bits per heavy atom. The van der Waals surface area contributed by atoms with Crippen LogP contribution in [0.3, 0.4) is 0 Å². The first kappa shape index (κ1) is 30.6. The molecule has 0 unspecified atom stereocenters. The lowest BCUT2D eigenvalue weighted by Crippen LogP contribution is -2.47. The summed E-state index contributed by atoms with van der Waals surface area (Å²) in [6.07, 6.45) is 1.57. The zero-order valence-corrected chi connectivity index (χ0v) is 25.3. The number of carbonyl (C=O) groups excluding carboxylic acids is 3. The van der Waals surface area contributed by atoms with E-state index in [1.54, 1.807) is 17.9 Å². The second-order valence-electron chi connectivity index (χ2n) is 10.9. The number of benzene rings is 3. The highest BCUT2D eigenvalue weighted by Crippen LogP contribution is 2.30. The molecular weight excluding hydrogens is 526 g/mol. The van der Waals surface area contributed by atoms with Gasteiger partial charge in [-0.1, -0.05) is 42.8 Å². The van der Waals surface area contributed by atoms with Crippen molar-refractivity contribution in [3.05, 3.63) is 89.0 Å². The Morgan fingerprint density at radius 2 is 1.43 bits per heavy atom. The molecule has 3 aromatic rings. The van der Waals surface area contributed by atoms with Crippen molar-refractivity contribution in [1.82, 2.24) is 10.2 Å². The van der Waals surface area contributed by atoms with Gasteiger partial charge in [-0.05, 0) is 68.7 Å². The van der Waals surface area contributed by atoms with Crippen LogP contribution in [0.25, 0.3) is 0 Å². The van der Waals surface area contributed by atoms with Gasteiger partial charge in [-0.25, -0.2) is 0 Å². The third kappa shape index (κ3) is 7.90. The summed E-state index contributed by atoms with van der Waals surface area (Å²) in [6, 6.07) is 21.4. The third-order valence-electron chi connectivity index (χ3n) is 7.73. The van der Waals surface area contributed by atoms with Gasteiger partial charge in [-0.2, -0.15) is 0 Å². The van der Waals surface area contributed by atoms with E-state index >= 15 is 0 Å². The van der Waals surface area contributed by atoms with Crippen LogP contribution in [0.4, 0.5) is 17.1 Å². The topological polar surface area (TPSA) is 85.0 Å². The summed E-state index contributed by atoms with van der Waals surface area (Å²) in [5.41, 5.74) is 6.14. The van der Waals surface area contributed by atoms with E-state index in [1.807, 2.05) is 50.2 Å². The molecule has 3 amide bonds. The van der Waals surface area contributed by atoms with Gasteiger partial charge in [0.2, 0.25) is 5.91 Å². The lowest BCUT2D eigenvalue weighted by atomic mass is 10.1. The lowest BCUT2D eigenvalue weighted by molar-refractivity contribution is -0.128. The van der Waals surface area contributed by atoms with Gasteiger partial charge in [-0.3, -0.25) is 14.4 Å². The molecule has 0 radical (unpaired) electrons. The molecule has 0 aromatic heterocycles. The Morgan fingerprint density at radius 3 is 2.07 bits per heavy atom. The van der Waals surface area contributed by atoms with Crippen molar-refractivity contribution in [2.45, 2.75) is 40.5 Å². The summed E-state index contributed by atoms with van der Waals surface area (Å²) in [4.78, 5) is 44.6. The first-order chi connectivity index (χ1) is 20.3. The van der Waals surface area contributed by atoms with E-state index < -0.39 is 0 Å². The fourth-order valence-corrected chi connectivity index (χ4v) is 5.33. The molecule has 0 bridgehead atoms. The van der Waals surface area contributed by atoms with Gasteiger partial charge in [0.15, 0.2) is 0 Å². The van der Waals surface area contributed by atoms with E-state index in [4.69, 9.17) is 0 Å². The molecule has 3 aromatic carbocycles. The van der Waals surface area contributed by atoms with E-state index in [2.05, 4.69) is 51.6 Å². The van der Waals surface area contributed by atoms with Crippen LogP contribution in [-0.2, 0) is 4.79 Å². The number of rotatable bonds is 11. The Bertz CT molecular complexity index is 1380. The zero-order chi connectivity index (χ0) is 30.1. The second-order valence-corrected chi connectivity index (χ2v) is 10.9. The summed E-state index contributed by atoms with van der Waals surface area (Å²) in [6.45, 7) is 12.8. The quantitative estimate of drug-likeness (QED) is 0.308. The molecule has 1 fully saturated rings. The average Bonchev–Trinajstić information content (AvgIpc) is 2.99. The molecule has 0 atom stereocenters. The molecule has 2 N–H and O–H groups in total. The maximum absolute atomic E-state index is 13.2. The minimum absolute atomic E-state index is 0.0486. The third-order valence-corrected chi connectivity index (χ3v) is 7.73. The lowest BCUT2D eigenvalue weighted by Gasteiger charge is -2.38. The minimum Gasteiger partial charge on any atom is -0.368 e. The number of nitrogens with zero attached hydrogens (tertiary/aromatic N) is 3. The van der Waals surface area contributed by atoms with Crippen molar-refractivity contribution in [1.29, 1.82) is 0 Å². The molecule has 1 heterocycles. The highest BCUT2D eigenvalue weighted by molar-refractivity contribution is 6.07. The molecule has 1 aliphatic rings. The normalized spacial score (nSPS) is 13.0. The number of hydrogen-bond acceptors (Lipinski definition) is 5. The van der Waals surface area contributed by atoms with E-state index in [0.29, 0.717) is 42.9 Å². The summed E-state index contributed by atoms with van der Waals surface area (Å²) < 4.78 is 0. The maximum Gasteiger partial charge on any atom is 0.255 e. The highest BCUT2D eigenvalue weighted by Gasteiger charge is 2.22. The standard InChI is InChI=1S/C34H43N5O3/c1-5-18-37(27(4)40)19-8-17-35-33(41)29-15-16-32(30(24-29)36-34(42)28-13-11-25(2)12-14-28)39-22-20-38(21-23-39)31-10-7-6-9-26(31)3/h6-7,9-16,24H,5,8,17-23H2,1-4H3,(H,35,41)(H,36,42). The van der Waals surface area contributed by atoms with Crippen LogP contribution in [0, 0.1) is 13.8 Å². The molecule has 8 heteroatoms. The van der Waals surface area contributed by atoms with E-state index in [0.717, 1.165) is 43.9 Å². The Kier molecular flexibility index (Phi) is 10.6. The predicted octanol–water partition coefficient (Wildman–Crippen LogP) is 5.26. The predicted molar refractivity (Wildman–Crippen MR) is 171 cm³/mol. The Labute approximate surface area is 249 Å². The minimum atomic E-state index is -0.215. The van der Waals surface area contributed by atoms with Crippen molar-refractivity contribution in [3.63, 3.8) is 0 Å².